The number of hydrogen-bond donors (Lipinski definition) is 2. The fourth-order valence-electron chi connectivity index (χ4n) is 2.86. The van der Waals surface area contributed by atoms with Crippen LogP contribution in [0.15, 0.2) is 24.3 Å². The smallest absolute Gasteiger partial charge is 0.0785 e. The lowest BCUT2D eigenvalue weighted by Crippen LogP contribution is -2.35. The van der Waals surface area contributed by atoms with Crippen LogP contribution in [0.3, 0.4) is 0 Å². The fourth-order valence-corrected chi connectivity index (χ4v) is 2.86. The molecule has 0 heterocycles. The second-order valence-electron chi connectivity index (χ2n) is 6.55. The number of ether oxygens (including phenoxy) is 1. The minimum absolute atomic E-state index is 0.605. The highest BCUT2D eigenvalue weighted by atomic mass is 16.5. The molecule has 2 aromatic rings. The number of hydrogen-bond acceptors (Lipinski definition) is 4. The van der Waals surface area contributed by atoms with Gasteiger partial charge in [0, 0.05) is 6.61 Å². The zero-order valence-electron chi connectivity index (χ0n) is 14.7. The highest BCUT2D eigenvalue weighted by Crippen LogP contribution is 2.36. The molecule has 0 saturated carbocycles. The standard InChI is InChI=1S/C19H29N3O/c1-13(2)9-11-23-12-10-22(21)19-15(4)17-8-6-5-7-16(17)14(3)18(19)20/h5-8,13H,9-12,20-21H2,1-4H3. The van der Waals surface area contributed by atoms with Crippen molar-refractivity contribution in [1.82, 2.24) is 0 Å². The Kier molecular flexibility index (Phi) is 5.85. The summed E-state index contributed by atoms with van der Waals surface area (Å²) >= 11 is 0. The lowest BCUT2D eigenvalue weighted by atomic mass is 9.97. The number of nitrogen functional groups attached to an aromatic ring is 1. The van der Waals surface area contributed by atoms with Crippen LogP contribution < -0.4 is 16.6 Å². The second-order valence-corrected chi connectivity index (χ2v) is 6.55. The molecule has 0 saturated heterocycles. The summed E-state index contributed by atoms with van der Waals surface area (Å²) in [7, 11) is 0. The summed E-state index contributed by atoms with van der Waals surface area (Å²) in [5, 5.41) is 4.11. The molecule has 2 rings (SSSR count). The molecule has 4 nitrogen and oxygen atoms in total. The molecule has 4 N–H and O–H groups in total. The van der Waals surface area contributed by atoms with E-state index in [2.05, 4.69) is 32.9 Å². The molecule has 0 amide bonds. The molecule has 0 aliphatic rings. The summed E-state index contributed by atoms with van der Waals surface area (Å²) in [6, 6.07) is 8.31. The van der Waals surface area contributed by atoms with E-state index in [0.29, 0.717) is 19.1 Å². The Morgan fingerprint density at radius 2 is 1.65 bits per heavy atom. The van der Waals surface area contributed by atoms with Crippen molar-refractivity contribution in [1.29, 1.82) is 0 Å². The topological polar surface area (TPSA) is 64.5 Å². The number of benzene rings is 2. The highest BCUT2D eigenvalue weighted by Gasteiger charge is 2.16. The monoisotopic (exact) mass is 315 g/mol. The predicted octanol–water partition coefficient (Wildman–Crippen LogP) is 3.78. The molecule has 0 unspecified atom stereocenters. The van der Waals surface area contributed by atoms with Gasteiger partial charge in [0.05, 0.1) is 24.5 Å². The van der Waals surface area contributed by atoms with Crippen LogP contribution in [0.1, 0.15) is 31.4 Å². The quantitative estimate of drug-likeness (QED) is 0.353. The molecule has 4 heteroatoms. The van der Waals surface area contributed by atoms with E-state index >= 15 is 0 Å². The average molecular weight is 315 g/mol. The summed E-state index contributed by atoms with van der Waals surface area (Å²) in [6.07, 6.45) is 1.07. The molecule has 2 aromatic carbocycles. The SMILES string of the molecule is Cc1c(N)c(N(N)CCOCCC(C)C)c(C)c2ccccc12. The van der Waals surface area contributed by atoms with Crippen molar-refractivity contribution in [2.24, 2.45) is 11.8 Å². The number of aryl methyl sites for hydroxylation is 2. The third-order valence-corrected chi connectivity index (χ3v) is 4.35. The molecule has 0 spiro atoms. The first kappa shape index (κ1) is 17.6. The average Bonchev–Trinajstić information content (AvgIpc) is 2.52. The van der Waals surface area contributed by atoms with Gasteiger partial charge in [-0.3, -0.25) is 0 Å². The zero-order chi connectivity index (χ0) is 17.0. The first-order chi connectivity index (χ1) is 10.9. The number of nitrogens with two attached hydrogens (primary N) is 2. The fraction of sp³-hybridized carbons (Fsp3) is 0.474. The summed E-state index contributed by atoms with van der Waals surface area (Å²) in [5.74, 6) is 6.93. The van der Waals surface area contributed by atoms with Gasteiger partial charge in [-0.05, 0) is 48.1 Å². The van der Waals surface area contributed by atoms with E-state index in [4.69, 9.17) is 16.3 Å². The van der Waals surface area contributed by atoms with Gasteiger partial charge >= 0.3 is 0 Å². The van der Waals surface area contributed by atoms with Crippen LogP contribution >= 0.6 is 0 Å². The van der Waals surface area contributed by atoms with Crippen molar-refractivity contribution < 1.29 is 4.74 Å². The molecule has 0 atom stereocenters. The van der Waals surface area contributed by atoms with Gasteiger partial charge in [-0.25, -0.2) is 5.84 Å². The lowest BCUT2D eigenvalue weighted by molar-refractivity contribution is 0.129. The van der Waals surface area contributed by atoms with E-state index in [9.17, 15) is 0 Å². The molecule has 126 valence electrons. The predicted molar refractivity (Wildman–Crippen MR) is 99.6 cm³/mol. The van der Waals surface area contributed by atoms with Crippen LogP contribution in [0.5, 0.6) is 0 Å². The van der Waals surface area contributed by atoms with E-state index in [-0.39, 0.29) is 0 Å². The normalized spacial score (nSPS) is 11.4. The van der Waals surface area contributed by atoms with Gasteiger partial charge in [0.2, 0.25) is 0 Å². The van der Waals surface area contributed by atoms with Gasteiger partial charge in [-0.15, -0.1) is 0 Å². The summed E-state index contributed by atoms with van der Waals surface area (Å²) < 4.78 is 5.67. The molecule has 0 aromatic heterocycles. The van der Waals surface area contributed by atoms with E-state index in [1.807, 2.05) is 19.1 Å². The van der Waals surface area contributed by atoms with Crippen LogP contribution in [0.2, 0.25) is 0 Å². The van der Waals surface area contributed by atoms with Gasteiger partial charge in [-0.2, -0.15) is 0 Å². The number of fused-ring (bicyclic) bond motifs is 1. The van der Waals surface area contributed by atoms with Crippen molar-refractivity contribution in [2.75, 3.05) is 30.5 Å². The molecule has 23 heavy (non-hydrogen) atoms. The maximum absolute atomic E-state index is 6.36. The van der Waals surface area contributed by atoms with Gasteiger partial charge in [0.25, 0.3) is 0 Å². The summed E-state index contributed by atoms with van der Waals surface area (Å²) in [4.78, 5) is 0. The third kappa shape index (κ3) is 3.95. The largest absolute Gasteiger partial charge is 0.397 e. The summed E-state index contributed by atoms with van der Waals surface area (Å²) in [6.45, 7) is 10.5. The minimum atomic E-state index is 0.605. The van der Waals surface area contributed by atoms with Crippen LogP contribution in [0.25, 0.3) is 10.8 Å². The molecule has 0 aliphatic heterocycles. The van der Waals surface area contributed by atoms with Crippen molar-refractivity contribution in [3.8, 4) is 0 Å². The third-order valence-electron chi connectivity index (χ3n) is 4.35. The first-order valence-electron chi connectivity index (χ1n) is 8.30. The summed E-state index contributed by atoms with van der Waals surface area (Å²) in [5.41, 5.74) is 10.2. The second kappa shape index (κ2) is 7.66. The molecule has 0 radical (unpaired) electrons. The first-order valence-corrected chi connectivity index (χ1v) is 8.30. The Labute approximate surface area is 139 Å². The molecule has 0 bridgehead atoms. The van der Waals surface area contributed by atoms with Gasteiger partial charge < -0.3 is 15.5 Å². The van der Waals surface area contributed by atoms with E-state index < -0.39 is 0 Å². The van der Waals surface area contributed by atoms with Crippen LogP contribution in [-0.2, 0) is 4.74 Å². The van der Waals surface area contributed by atoms with Crippen LogP contribution in [0.4, 0.5) is 11.4 Å². The van der Waals surface area contributed by atoms with Crippen molar-refractivity contribution in [3.05, 3.63) is 35.4 Å². The van der Waals surface area contributed by atoms with Crippen LogP contribution in [0, 0.1) is 19.8 Å². The number of rotatable bonds is 7. The Morgan fingerprint density at radius 3 is 2.26 bits per heavy atom. The number of hydrazine groups is 1. The Hall–Kier alpha value is -1.78. The van der Waals surface area contributed by atoms with Gasteiger partial charge in [0.1, 0.15) is 0 Å². The van der Waals surface area contributed by atoms with Crippen molar-refractivity contribution in [2.45, 2.75) is 34.1 Å². The number of nitrogens with zero attached hydrogens (tertiary/aromatic N) is 1. The molecular formula is C19H29N3O. The van der Waals surface area contributed by atoms with Gasteiger partial charge in [0.15, 0.2) is 0 Å². The Morgan fingerprint density at radius 1 is 1.04 bits per heavy atom. The molecule has 0 fully saturated rings. The van der Waals surface area contributed by atoms with Crippen molar-refractivity contribution >= 4 is 22.1 Å². The van der Waals surface area contributed by atoms with Gasteiger partial charge in [-0.1, -0.05) is 38.1 Å². The maximum atomic E-state index is 6.36. The van der Waals surface area contributed by atoms with E-state index in [1.54, 1.807) is 5.01 Å². The Bertz CT molecular complexity index is 667. The van der Waals surface area contributed by atoms with Crippen LogP contribution in [-0.4, -0.2) is 19.8 Å². The van der Waals surface area contributed by atoms with Crippen molar-refractivity contribution in [3.63, 3.8) is 0 Å². The molecular weight excluding hydrogens is 286 g/mol. The Balaban J connectivity index is 2.15. The lowest BCUT2D eigenvalue weighted by Gasteiger charge is -2.25. The van der Waals surface area contributed by atoms with E-state index in [1.165, 1.54) is 10.8 Å². The zero-order valence-corrected chi connectivity index (χ0v) is 14.7. The number of anilines is 2. The maximum Gasteiger partial charge on any atom is 0.0785 e. The molecule has 0 aliphatic carbocycles. The van der Waals surface area contributed by atoms with E-state index in [0.717, 1.165) is 35.5 Å². The minimum Gasteiger partial charge on any atom is -0.397 e. The highest BCUT2D eigenvalue weighted by molar-refractivity contribution is 5.99.